The highest BCUT2D eigenvalue weighted by Gasteiger charge is 2.27. The summed E-state index contributed by atoms with van der Waals surface area (Å²) in [5.41, 5.74) is 1.04. The van der Waals surface area contributed by atoms with Crippen molar-refractivity contribution < 1.29 is 9.94 Å². The second-order valence-corrected chi connectivity index (χ2v) is 5.96. The lowest BCUT2D eigenvalue weighted by Crippen LogP contribution is -2.54. The van der Waals surface area contributed by atoms with Gasteiger partial charge in [0.1, 0.15) is 5.84 Å². The van der Waals surface area contributed by atoms with Crippen molar-refractivity contribution in [3.8, 4) is 0 Å². The lowest BCUT2D eigenvalue weighted by molar-refractivity contribution is -0.904. The Hall–Kier alpha value is -1.62. The molecule has 1 fully saturated rings. The zero-order valence-corrected chi connectivity index (χ0v) is 11.9. The number of hydrogen-bond acceptors (Lipinski definition) is 3. The first-order chi connectivity index (χ1) is 8.88. The van der Waals surface area contributed by atoms with Gasteiger partial charge in [0.15, 0.2) is 0 Å². The Balaban J connectivity index is 1.98. The van der Waals surface area contributed by atoms with E-state index in [0.717, 1.165) is 36.5 Å². The van der Waals surface area contributed by atoms with Gasteiger partial charge in [-0.1, -0.05) is 0 Å². The minimum Gasteiger partial charge on any atom is -0.354 e. The van der Waals surface area contributed by atoms with Crippen molar-refractivity contribution in [1.29, 1.82) is 5.41 Å². The van der Waals surface area contributed by atoms with Crippen LogP contribution in [0.15, 0.2) is 24.5 Å². The molecule has 104 valence electrons. The van der Waals surface area contributed by atoms with Crippen LogP contribution in [0.5, 0.6) is 0 Å². The van der Waals surface area contributed by atoms with Crippen LogP contribution in [0.2, 0.25) is 0 Å². The average Bonchev–Trinajstić information content (AvgIpc) is 2.38. The molecule has 0 aromatic carbocycles. The van der Waals surface area contributed by atoms with Crippen molar-refractivity contribution >= 4 is 5.84 Å². The third kappa shape index (κ3) is 3.23. The number of aromatic nitrogens is 1. The van der Waals surface area contributed by atoms with E-state index in [1.54, 1.807) is 24.5 Å². The number of nitrogens with zero attached hydrogens (tertiary/aromatic N) is 3. The number of amidine groups is 1. The Bertz CT molecular complexity index is 442. The predicted molar refractivity (Wildman–Crippen MR) is 73.5 cm³/mol. The molecular weight excluding hydrogens is 240 g/mol. The molecule has 1 aromatic rings. The van der Waals surface area contributed by atoms with Crippen LogP contribution in [0.25, 0.3) is 0 Å². The molecule has 1 saturated heterocycles. The molecule has 2 heterocycles. The highest BCUT2D eigenvalue weighted by Crippen LogP contribution is 2.16. The first kappa shape index (κ1) is 13.8. The maximum Gasteiger partial charge on any atom is 0.222 e. The normalized spacial score (nSPS) is 17.5. The highest BCUT2D eigenvalue weighted by molar-refractivity contribution is 5.96. The smallest absolute Gasteiger partial charge is 0.222 e. The molecule has 5 heteroatoms. The molecule has 1 aliphatic rings. The first-order valence-corrected chi connectivity index (χ1v) is 6.67. The summed E-state index contributed by atoms with van der Waals surface area (Å²) in [6, 6.07) is 3.52. The van der Waals surface area contributed by atoms with Gasteiger partial charge in [-0.3, -0.25) is 15.5 Å². The molecular formula is C14H23N4O+. The van der Waals surface area contributed by atoms with Crippen LogP contribution in [-0.2, 0) is 0 Å². The molecule has 1 aliphatic heterocycles. The van der Waals surface area contributed by atoms with Gasteiger partial charge in [-0.2, -0.15) is 0 Å². The molecule has 0 atom stereocenters. The summed E-state index contributed by atoms with van der Waals surface area (Å²) >= 11 is 0. The van der Waals surface area contributed by atoms with Crippen LogP contribution >= 0.6 is 0 Å². The monoisotopic (exact) mass is 263 g/mol. The summed E-state index contributed by atoms with van der Waals surface area (Å²) in [7, 11) is 0. The van der Waals surface area contributed by atoms with E-state index in [9.17, 15) is 5.21 Å². The van der Waals surface area contributed by atoms with Crippen molar-refractivity contribution in [3.05, 3.63) is 30.1 Å². The van der Waals surface area contributed by atoms with E-state index in [0.29, 0.717) is 5.84 Å². The Morgan fingerprint density at radius 2 is 1.68 bits per heavy atom. The van der Waals surface area contributed by atoms with E-state index in [-0.39, 0.29) is 5.54 Å². The van der Waals surface area contributed by atoms with Crippen LogP contribution in [0.3, 0.4) is 0 Å². The summed E-state index contributed by atoms with van der Waals surface area (Å²) in [6.45, 7) is 10.4. The van der Waals surface area contributed by atoms with Gasteiger partial charge in [0, 0.05) is 54.1 Å². The van der Waals surface area contributed by atoms with Gasteiger partial charge < -0.3 is 4.90 Å². The summed E-state index contributed by atoms with van der Waals surface area (Å²) in [5.74, 6) is 0.536. The third-order valence-corrected chi connectivity index (χ3v) is 3.63. The van der Waals surface area contributed by atoms with Crippen molar-refractivity contribution in [2.45, 2.75) is 26.3 Å². The Kier molecular flexibility index (Phi) is 3.75. The van der Waals surface area contributed by atoms with Gasteiger partial charge in [-0.15, -0.1) is 0 Å². The van der Waals surface area contributed by atoms with Gasteiger partial charge in [-0.25, -0.2) is 0 Å². The number of rotatable bonds is 1. The van der Waals surface area contributed by atoms with Gasteiger partial charge in [0.2, 0.25) is 12.4 Å². The molecule has 2 N–H and O–H groups in total. The summed E-state index contributed by atoms with van der Waals surface area (Å²) < 4.78 is 0.994. The van der Waals surface area contributed by atoms with Crippen LogP contribution in [0, 0.1) is 5.41 Å². The minimum absolute atomic E-state index is 0.198. The SMILES string of the molecule is CC(C)(C)N1CCN(C(=N)c2cc[n+](O)cc2)CC1. The van der Waals surface area contributed by atoms with Crippen molar-refractivity contribution in [3.63, 3.8) is 0 Å². The zero-order chi connectivity index (χ0) is 14.0. The fourth-order valence-corrected chi connectivity index (χ4v) is 2.36. The highest BCUT2D eigenvalue weighted by atomic mass is 16.5. The van der Waals surface area contributed by atoms with Crippen LogP contribution < -0.4 is 4.73 Å². The molecule has 1 aromatic heterocycles. The van der Waals surface area contributed by atoms with Gasteiger partial charge >= 0.3 is 0 Å². The molecule has 2 rings (SSSR count). The average molecular weight is 263 g/mol. The number of hydrogen-bond donors (Lipinski definition) is 2. The fourth-order valence-electron chi connectivity index (χ4n) is 2.36. The summed E-state index contributed by atoms with van der Waals surface area (Å²) in [5, 5.41) is 17.4. The van der Waals surface area contributed by atoms with Crippen molar-refractivity contribution in [2.24, 2.45) is 0 Å². The van der Waals surface area contributed by atoms with Crippen LogP contribution in [0.4, 0.5) is 0 Å². The Labute approximate surface area is 114 Å². The summed E-state index contributed by atoms with van der Waals surface area (Å²) in [6.07, 6.45) is 3.10. The Morgan fingerprint density at radius 1 is 1.16 bits per heavy atom. The minimum atomic E-state index is 0.198. The number of pyridine rings is 1. The largest absolute Gasteiger partial charge is 0.354 e. The lowest BCUT2D eigenvalue weighted by Gasteiger charge is -2.42. The molecule has 0 aliphatic carbocycles. The van der Waals surface area contributed by atoms with Gasteiger partial charge in [-0.05, 0) is 20.8 Å². The van der Waals surface area contributed by atoms with E-state index >= 15 is 0 Å². The molecule has 0 unspecified atom stereocenters. The first-order valence-electron chi connectivity index (χ1n) is 6.67. The quantitative estimate of drug-likeness (QED) is 0.343. The zero-order valence-electron chi connectivity index (χ0n) is 11.9. The topological polar surface area (TPSA) is 54.4 Å². The maximum absolute atomic E-state index is 9.20. The second kappa shape index (κ2) is 5.17. The van der Waals surface area contributed by atoms with Crippen LogP contribution in [-0.4, -0.2) is 52.6 Å². The predicted octanol–water partition coefficient (Wildman–Crippen LogP) is 0.953. The van der Waals surface area contributed by atoms with Crippen molar-refractivity contribution in [2.75, 3.05) is 26.2 Å². The van der Waals surface area contributed by atoms with E-state index < -0.39 is 0 Å². The standard InChI is InChI=1S/C14H23N4O/c1-14(2,3)17-10-8-16(9-11-17)13(15)12-4-6-18(19)7-5-12/h4-7,15,19H,8-11H2,1-3H3/q+1. The van der Waals surface area contributed by atoms with E-state index in [2.05, 4.69) is 30.6 Å². The third-order valence-electron chi connectivity index (χ3n) is 3.63. The second-order valence-electron chi connectivity index (χ2n) is 5.96. The lowest BCUT2D eigenvalue weighted by atomic mass is 10.0. The molecule has 5 nitrogen and oxygen atoms in total. The summed E-state index contributed by atoms with van der Waals surface area (Å²) in [4.78, 5) is 4.54. The van der Waals surface area contributed by atoms with E-state index in [1.165, 1.54) is 0 Å². The molecule has 19 heavy (non-hydrogen) atoms. The number of piperazine rings is 1. The molecule has 0 amide bonds. The maximum atomic E-state index is 9.20. The molecule has 0 radical (unpaired) electrons. The Morgan fingerprint density at radius 3 is 2.16 bits per heavy atom. The van der Waals surface area contributed by atoms with Crippen molar-refractivity contribution in [1.82, 2.24) is 9.80 Å². The van der Waals surface area contributed by atoms with E-state index in [4.69, 9.17) is 5.41 Å². The molecule has 0 bridgehead atoms. The van der Waals surface area contributed by atoms with Gasteiger partial charge in [0.05, 0.1) is 0 Å². The van der Waals surface area contributed by atoms with Crippen LogP contribution in [0.1, 0.15) is 26.3 Å². The van der Waals surface area contributed by atoms with Gasteiger partial charge in [0.25, 0.3) is 0 Å². The molecule has 0 saturated carbocycles. The molecule has 0 spiro atoms. The van der Waals surface area contributed by atoms with E-state index in [1.807, 2.05) is 0 Å². The number of nitrogens with one attached hydrogen (secondary N) is 1. The fraction of sp³-hybridized carbons (Fsp3) is 0.571.